The molecule has 0 aliphatic carbocycles. The van der Waals surface area contributed by atoms with Gasteiger partial charge in [0.15, 0.2) is 0 Å². The molecule has 0 aromatic heterocycles. The van der Waals surface area contributed by atoms with Crippen molar-refractivity contribution in [2.24, 2.45) is 0 Å². The van der Waals surface area contributed by atoms with Gasteiger partial charge in [-0.15, -0.1) is 0 Å². The van der Waals surface area contributed by atoms with Crippen molar-refractivity contribution >= 4 is 0 Å². The fourth-order valence-electron chi connectivity index (χ4n) is 4.91. The Morgan fingerprint density at radius 3 is 1.20 bits per heavy atom. The molecule has 2 N–H and O–H groups in total. The normalized spacial score (nSPS) is 11.7. The predicted octanol–water partition coefficient (Wildman–Crippen LogP) is 5.43. The van der Waals surface area contributed by atoms with Gasteiger partial charge < -0.3 is 29.2 Å². The number of hydrogen-bond acceptors (Lipinski definition) is 6. The molecule has 0 amide bonds. The highest BCUT2D eigenvalue weighted by Gasteiger charge is 2.37. The average Bonchev–Trinajstić information content (AvgIpc) is 2.86. The van der Waals surface area contributed by atoms with Crippen LogP contribution in [0.3, 0.4) is 0 Å². The van der Waals surface area contributed by atoms with E-state index in [0.717, 1.165) is 23.1 Å². The van der Waals surface area contributed by atoms with E-state index in [-0.39, 0.29) is 37.9 Å². The van der Waals surface area contributed by atoms with Gasteiger partial charge in [0.1, 0.15) is 11.5 Å². The van der Waals surface area contributed by atoms with Gasteiger partial charge in [0.05, 0.1) is 26.4 Å². The maximum absolute atomic E-state index is 10.9. The van der Waals surface area contributed by atoms with Gasteiger partial charge in [-0.25, -0.2) is 0 Å². The van der Waals surface area contributed by atoms with Crippen LogP contribution < -0.4 is 0 Å². The summed E-state index contributed by atoms with van der Waals surface area (Å²) in [6.45, 7) is 3.22. The highest BCUT2D eigenvalue weighted by atomic mass is 16.5. The molecular weight excluding hydrogens is 444 g/mol. The summed E-state index contributed by atoms with van der Waals surface area (Å²) >= 11 is 0. The fourth-order valence-corrected chi connectivity index (χ4v) is 4.91. The highest BCUT2D eigenvalue weighted by molar-refractivity contribution is 5.58. The van der Waals surface area contributed by atoms with Gasteiger partial charge in [0, 0.05) is 56.1 Å². The number of phenolic OH excluding ortho intramolecular Hbond substituents is 2. The minimum absolute atomic E-state index is 0.182. The molecule has 0 bridgehead atoms. The number of methoxy groups -OCH3 is 4. The first-order chi connectivity index (χ1) is 17.0. The first-order valence-electron chi connectivity index (χ1n) is 11.7. The van der Waals surface area contributed by atoms with Crippen molar-refractivity contribution in [3.05, 3.63) is 93.5 Å². The van der Waals surface area contributed by atoms with E-state index in [2.05, 4.69) is 19.1 Å². The van der Waals surface area contributed by atoms with Crippen LogP contribution in [0.15, 0.2) is 54.6 Å². The summed E-state index contributed by atoms with van der Waals surface area (Å²) in [5.41, 5.74) is 5.28. The molecule has 0 saturated carbocycles. The molecular formula is C29H36O6. The van der Waals surface area contributed by atoms with Crippen LogP contribution in [-0.4, -0.2) is 38.7 Å². The average molecular weight is 481 g/mol. The van der Waals surface area contributed by atoms with Crippen molar-refractivity contribution in [3.63, 3.8) is 0 Å². The summed E-state index contributed by atoms with van der Waals surface area (Å²) in [6, 6.07) is 18.3. The number of benzene rings is 3. The molecule has 0 atom stereocenters. The molecule has 6 nitrogen and oxygen atoms in total. The van der Waals surface area contributed by atoms with Crippen LogP contribution in [0.2, 0.25) is 0 Å². The second kappa shape index (κ2) is 12.2. The summed E-state index contributed by atoms with van der Waals surface area (Å²) in [7, 11) is 6.45. The van der Waals surface area contributed by atoms with Crippen LogP contribution in [0.1, 0.15) is 52.3 Å². The van der Waals surface area contributed by atoms with Crippen LogP contribution >= 0.6 is 0 Å². The number of ether oxygens (including phenoxy) is 4. The SMILES string of the molecule is CCC(c1ccccc1)(c1cc(COC)c(O)c(COC)c1)c1cc(COC)c(O)c(COC)c1. The maximum atomic E-state index is 10.9. The molecule has 0 saturated heterocycles. The van der Waals surface area contributed by atoms with Gasteiger partial charge in [0.2, 0.25) is 0 Å². The Hall–Kier alpha value is -2.90. The van der Waals surface area contributed by atoms with Gasteiger partial charge in [-0.05, 0) is 47.4 Å². The molecule has 0 aliphatic rings. The van der Waals surface area contributed by atoms with Crippen LogP contribution in [0, 0.1) is 0 Å². The van der Waals surface area contributed by atoms with E-state index in [4.69, 9.17) is 18.9 Å². The van der Waals surface area contributed by atoms with E-state index in [1.54, 1.807) is 28.4 Å². The molecule has 6 heteroatoms. The van der Waals surface area contributed by atoms with E-state index < -0.39 is 5.41 Å². The van der Waals surface area contributed by atoms with Crippen LogP contribution in [-0.2, 0) is 50.8 Å². The lowest BCUT2D eigenvalue weighted by Gasteiger charge is -2.37. The summed E-state index contributed by atoms with van der Waals surface area (Å²) in [4.78, 5) is 0. The fraction of sp³-hybridized carbons (Fsp3) is 0.379. The molecule has 0 aliphatic heterocycles. The van der Waals surface area contributed by atoms with Crippen LogP contribution in [0.25, 0.3) is 0 Å². The minimum atomic E-state index is -0.585. The topological polar surface area (TPSA) is 77.4 Å². The number of aromatic hydroxyl groups is 2. The summed E-state index contributed by atoms with van der Waals surface area (Å²) < 4.78 is 21.6. The summed E-state index contributed by atoms with van der Waals surface area (Å²) in [6.07, 6.45) is 0.726. The Balaban J connectivity index is 2.42. The molecule has 0 unspecified atom stereocenters. The van der Waals surface area contributed by atoms with Crippen molar-refractivity contribution in [1.29, 1.82) is 0 Å². The summed E-state index contributed by atoms with van der Waals surface area (Å²) in [5, 5.41) is 21.8. The lowest BCUT2D eigenvalue weighted by Crippen LogP contribution is -2.29. The Labute approximate surface area is 208 Å². The Morgan fingerprint density at radius 2 is 0.914 bits per heavy atom. The van der Waals surface area contributed by atoms with Gasteiger partial charge in [-0.3, -0.25) is 0 Å². The molecule has 188 valence electrons. The van der Waals surface area contributed by atoms with E-state index in [1.165, 1.54) is 0 Å². The van der Waals surface area contributed by atoms with Crippen LogP contribution in [0.4, 0.5) is 0 Å². The van der Waals surface area contributed by atoms with E-state index in [9.17, 15) is 10.2 Å². The monoisotopic (exact) mass is 480 g/mol. The van der Waals surface area contributed by atoms with Crippen molar-refractivity contribution in [3.8, 4) is 11.5 Å². The zero-order valence-electron chi connectivity index (χ0n) is 21.3. The number of hydrogen-bond donors (Lipinski definition) is 2. The largest absolute Gasteiger partial charge is 0.507 e. The predicted molar refractivity (Wildman–Crippen MR) is 136 cm³/mol. The molecule has 3 aromatic rings. The lowest BCUT2D eigenvalue weighted by molar-refractivity contribution is 0.174. The second-order valence-electron chi connectivity index (χ2n) is 8.64. The van der Waals surface area contributed by atoms with Gasteiger partial charge in [-0.2, -0.15) is 0 Å². The zero-order valence-corrected chi connectivity index (χ0v) is 21.3. The lowest BCUT2D eigenvalue weighted by atomic mass is 9.66. The standard InChI is InChI=1S/C29H36O6/c1-6-29(24-10-8-7-9-11-24,25-12-20(16-32-2)27(30)21(13-25)17-33-3)26-14-22(18-34-4)28(31)23(15-26)19-35-5/h7-15,30-31H,6,16-19H2,1-5H3. The summed E-state index contributed by atoms with van der Waals surface area (Å²) in [5.74, 6) is 0.364. The minimum Gasteiger partial charge on any atom is -0.507 e. The maximum Gasteiger partial charge on any atom is 0.126 e. The van der Waals surface area contributed by atoms with Crippen molar-refractivity contribution < 1.29 is 29.2 Å². The number of phenols is 2. The molecule has 0 radical (unpaired) electrons. The Kier molecular flexibility index (Phi) is 9.29. The molecule has 3 rings (SSSR count). The third-order valence-electron chi connectivity index (χ3n) is 6.52. The van der Waals surface area contributed by atoms with Crippen molar-refractivity contribution in [2.75, 3.05) is 28.4 Å². The van der Waals surface area contributed by atoms with E-state index in [1.807, 2.05) is 42.5 Å². The van der Waals surface area contributed by atoms with Gasteiger partial charge in [0.25, 0.3) is 0 Å². The first-order valence-corrected chi connectivity index (χ1v) is 11.7. The zero-order chi connectivity index (χ0) is 25.4. The van der Waals surface area contributed by atoms with Crippen molar-refractivity contribution in [1.82, 2.24) is 0 Å². The Morgan fingerprint density at radius 1 is 0.571 bits per heavy atom. The molecule has 35 heavy (non-hydrogen) atoms. The second-order valence-corrected chi connectivity index (χ2v) is 8.64. The van der Waals surface area contributed by atoms with E-state index >= 15 is 0 Å². The first kappa shape index (κ1) is 26.7. The number of rotatable bonds is 12. The Bertz CT molecular complexity index is 990. The molecule has 0 heterocycles. The molecule has 0 spiro atoms. The van der Waals surface area contributed by atoms with E-state index in [0.29, 0.717) is 22.3 Å². The quantitative estimate of drug-likeness (QED) is 0.337. The molecule has 0 fully saturated rings. The highest BCUT2D eigenvalue weighted by Crippen LogP contribution is 2.46. The van der Waals surface area contributed by atoms with Crippen molar-refractivity contribution in [2.45, 2.75) is 45.2 Å². The third-order valence-corrected chi connectivity index (χ3v) is 6.52. The molecule has 3 aromatic carbocycles. The third kappa shape index (κ3) is 5.36. The van der Waals surface area contributed by atoms with Crippen LogP contribution in [0.5, 0.6) is 11.5 Å². The van der Waals surface area contributed by atoms with Gasteiger partial charge in [-0.1, -0.05) is 37.3 Å². The smallest absolute Gasteiger partial charge is 0.126 e. The van der Waals surface area contributed by atoms with Gasteiger partial charge >= 0.3 is 0 Å².